The summed E-state index contributed by atoms with van der Waals surface area (Å²) in [5.41, 5.74) is 2.41. The van der Waals surface area contributed by atoms with Gasteiger partial charge in [0.25, 0.3) is 0 Å². The van der Waals surface area contributed by atoms with Crippen LogP contribution in [0.1, 0.15) is 31.9 Å². The van der Waals surface area contributed by atoms with Gasteiger partial charge in [0, 0.05) is 42.4 Å². The Morgan fingerprint density at radius 3 is 2.75 bits per heavy atom. The number of nitrogens with zero attached hydrogens (tertiary/aromatic N) is 2. The zero-order valence-corrected chi connectivity index (χ0v) is 13.7. The zero-order chi connectivity index (χ0) is 14.7. The van der Waals surface area contributed by atoms with Gasteiger partial charge in [0.2, 0.25) is 0 Å². The van der Waals surface area contributed by atoms with Crippen LogP contribution in [0.5, 0.6) is 0 Å². The zero-order valence-electron chi connectivity index (χ0n) is 13.0. The average molecular weight is 296 g/mol. The van der Waals surface area contributed by atoms with Crippen LogP contribution in [0.15, 0.2) is 18.2 Å². The van der Waals surface area contributed by atoms with E-state index >= 15 is 0 Å². The number of piperazine rings is 1. The molecule has 2 rings (SSSR count). The molecule has 1 aliphatic heterocycles. The highest BCUT2D eigenvalue weighted by molar-refractivity contribution is 6.31. The topological polar surface area (TPSA) is 18.5 Å². The Bertz CT molecular complexity index is 449. The van der Waals surface area contributed by atoms with Crippen LogP contribution in [0.3, 0.4) is 0 Å². The molecule has 0 amide bonds. The summed E-state index contributed by atoms with van der Waals surface area (Å²) in [6.07, 6.45) is 1.19. The van der Waals surface area contributed by atoms with Gasteiger partial charge in [-0.05, 0) is 45.1 Å². The number of hydrogen-bond acceptors (Lipinski definition) is 3. The van der Waals surface area contributed by atoms with E-state index in [4.69, 9.17) is 11.6 Å². The van der Waals surface area contributed by atoms with Gasteiger partial charge in [-0.2, -0.15) is 0 Å². The Kier molecular flexibility index (Phi) is 5.30. The molecular weight excluding hydrogens is 270 g/mol. The first-order valence-corrected chi connectivity index (χ1v) is 7.86. The Morgan fingerprint density at radius 1 is 1.40 bits per heavy atom. The van der Waals surface area contributed by atoms with Crippen molar-refractivity contribution in [2.45, 2.75) is 32.4 Å². The number of hydrogen-bond donors (Lipinski definition) is 1. The van der Waals surface area contributed by atoms with Gasteiger partial charge in [0.1, 0.15) is 0 Å². The van der Waals surface area contributed by atoms with Crippen molar-refractivity contribution in [1.82, 2.24) is 10.2 Å². The molecule has 0 aromatic heterocycles. The van der Waals surface area contributed by atoms with E-state index in [-0.39, 0.29) is 6.04 Å². The molecule has 0 spiro atoms. The molecule has 1 heterocycles. The van der Waals surface area contributed by atoms with Crippen LogP contribution < -0.4 is 10.2 Å². The van der Waals surface area contributed by atoms with Crippen LogP contribution in [0.25, 0.3) is 0 Å². The SMILES string of the molecule is CCC1CN(c2ccc(C(C)NC)c(Cl)c2)CCN1C. The molecule has 112 valence electrons. The van der Waals surface area contributed by atoms with Crippen molar-refractivity contribution in [3.8, 4) is 0 Å². The number of halogens is 1. The Hall–Kier alpha value is -0.770. The lowest BCUT2D eigenvalue weighted by atomic mass is 10.1. The quantitative estimate of drug-likeness (QED) is 0.920. The summed E-state index contributed by atoms with van der Waals surface area (Å²) in [7, 11) is 4.18. The Labute approximate surface area is 127 Å². The number of rotatable bonds is 4. The number of nitrogens with one attached hydrogen (secondary N) is 1. The van der Waals surface area contributed by atoms with Crippen LogP contribution >= 0.6 is 11.6 Å². The summed E-state index contributed by atoms with van der Waals surface area (Å²) >= 11 is 6.44. The van der Waals surface area contributed by atoms with E-state index in [1.807, 2.05) is 7.05 Å². The highest BCUT2D eigenvalue weighted by Gasteiger charge is 2.23. The summed E-state index contributed by atoms with van der Waals surface area (Å²) in [4.78, 5) is 4.91. The molecule has 1 aromatic rings. The van der Waals surface area contributed by atoms with E-state index in [1.165, 1.54) is 17.7 Å². The highest BCUT2D eigenvalue weighted by atomic mass is 35.5. The van der Waals surface area contributed by atoms with Crippen LogP contribution in [-0.4, -0.2) is 44.7 Å². The van der Waals surface area contributed by atoms with Gasteiger partial charge in [-0.25, -0.2) is 0 Å². The van der Waals surface area contributed by atoms with Gasteiger partial charge in [-0.3, -0.25) is 4.90 Å². The molecule has 4 heteroatoms. The van der Waals surface area contributed by atoms with Gasteiger partial charge in [-0.1, -0.05) is 24.6 Å². The van der Waals surface area contributed by atoms with E-state index in [1.54, 1.807) is 0 Å². The van der Waals surface area contributed by atoms with Crippen LogP contribution in [0, 0.1) is 0 Å². The van der Waals surface area contributed by atoms with Crippen LogP contribution in [-0.2, 0) is 0 Å². The minimum atomic E-state index is 0.285. The van der Waals surface area contributed by atoms with Crippen molar-refractivity contribution in [2.75, 3.05) is 38.6 Å². The summed E-state index contributed by atoms with van der Waals surface area (Å²) in [5.74, 6) is 0. The molecule has 3 nitrogen and oxygen atoms in total. The Morgan fingerprint density at radius 2 is 2.15 bits per heavy atom. The summed E-state index contributed by atoms with van der Waals surface area (Å²) < 4.78 is 0. The summed E-state index contributed by atoms with van der Waals surface area (Å²) in [6.45, 7) is 7.67. The smallest absolute Gasteiger partial charge is 0.0474 e. The second kappa shape index (κ2) is 6.79. The predicted molar refractivity (Wildman–Crippen MR) is 87.8 cm³/mol. The number of likely N-dealkylation sites (N-methyl/N-ethyl adjacent to an activating group) is 1. The van der Waals surface area contributed by atoms with Crippen molar-refractivity contribution in [3.05, 3.63) is 28.8 Å². The van der Waals surface area contributed by atoms with Crippen molar-refractivity contribution in [3.63, 3.8) is 0 Å². The normalized spacial score (nSPS) is 22.1. The first kappa shape index (κ1) is 15.6. The molecule has 1 N–H and O–H groups in total. The maximum Gasteiger partial charge on any atom is 0.0474 e. The molecular formula is C16H26ClN3. The average Bonchev–Trinajstić information content (AvgIpc) is 2.47. The van der Waals surface area contributed by atoms with Crippen molar-refractivity contribution >= 4 is 17.3 Å². The van der Waals surface area contributed by atoms with Gasteiger partial charge in [0.15, 0.2) is 0 Å². The molecule has 2 atom stereocenters. The molecule has 1 aliphatic rings. The minimum absolute atomic E-state index is 0.285. The monoisotopic (exact) mass is 295 g/mol. The van der Waals surface area contributed by atoms with Crippen LogP contribution in [0.2, 0.25) is 5.02 Å². The molecule has 0 saturated carbocycles. The second-order valence-electron chi connectivity index (χ2n) is 5.70. The van der Waals surface area contributed by atoms with Crippen molar-refractivity contribution in [1.29, 1.82) is 0 Å². The molecule has 0 aliphatic carbocycles. The molecule has 0 bridgehead atoms. The van der Waals surface area contributed by atoms with E-state index < -0.39 is 0 Å². The number of anilines is 1. The molecule has 2 unspecified atom stereocenters. The summed E-state index contributed by atoms with van der Waals surface area (Å²) in [5, 5.41) is 4.10. The van der Waals surface area contributed by atoms with E-state index in [2.05, 4.69) is 54.2 Å². The van der Waals surface area contributed by atoms with Gasteiger partial charge >= 0.3 is 0 Å². The third-order valence-electron chi connectivity index (χ3n) is 4.50. The van der Waals surface area contributed by atoms with Gasteiger partial charge < -0.3 is 10.2 Å². The van der Waals surface area contributed by atoms with Crippen molar-refractivity contribution in [2.24, 2.45) is 0 Å². The predicted octanol–water partition coefficient (Wildman–Crippen LogP) is 3.15. The minimum Gasteiger partial charge on any atom is -0.369 e. The van der Waals surface area contributed by atoms with E-state index in [0.29, 0.717) is 6.04 Å². The van der Waals surface area contributed by atoms with Gasteiger partial charge in [0.05, 0.1) is 0 Å². The largest absolute Gasteiger partial charge is 0.369 e. The third-order valence-corrected chi connectivity index (χ3v) is 4.82. The van der Waals surface area contributed by atoms with E-state index in [9.17, 15) is 0 Å². The lowest BCUT2D eigenvalue weighted by Crippen LogP contribution is -2.51. The summed E-state index contributed by atoms with van der Waals surface area (Å²) in [6, 6.07) is 7.39. The van der Waals surface area contributed by atoms with Crippen molar-refractivity contribution < 1.29 is 0 Å². The van der Waals surface area contributed by atoms with Crippen LogP contribution in [0.4, 0.5) is 5.69 Å². The molecule has 0 radical (unpaired) electrons. The lowest BCUT2D eigenvalue weighted by Gasteiger charge is -2.40. The van der Waals surface area contributed by atoms with Gasteiger partial charge in [-0.15, -0.1) is 0 Å². The maximum absolute atomic E-state index is 6.44. The molecule has 1 aromatic carbocycles. The molecule has 1 fully saturated rings. The van der Waals surface area contributed by atoms with E-state index in [0.717, 1.165) is 24.7 Å². The number of benzene rings is 1. The fraction of sp³-hybridized carbons (Fsp3) is 0.625. The third kappa shape index (κ3) is 3.27. The Balaban J connectivity index is 2.15. The standard InChI is InChI=1S/C16H26ClN3/c1-5-13-11-20(9-8-19(13)4)14-6-7-15(12(2)18-3)16(17)10-14/h6-7,10,12-13,18H,5,8-9,11H2,1-4H3. The fourth-order valence-electron chi connectivity index (χ4n) is 2.84. The second-order valence-corrected chi connectivity index (χ2v) is 6.11. The first-order valence-electron chi connectivity index (χ1n) is 7.48. The molecule has 20 heavy (non-hydrogen) atoms. The molecule has 1 saturated heterocycles. The lowest BCUT2D eigenvalue weighted by molar-refractivity contribution is 0.213. The highest BCUT2D eigenvalue weighted by Crippen LogP contribution is 2.29. The fourth-order valence-corrected chi connectivity index (χ4v) is 3.18. The first-order chi connectivity index (χ1) is 9.56. The maximum atomic E-state index is 6.44.